The number of thiol groups is 1. The summed E-state index contributed by atoms with van der Waals surface area (Å²) in [7, 11) is -2.17. The summed E-state index contributed by atoms with van der Waals surface area (Å²) in [6.07, 6.45) is -2.78. The predicted molar refractivity (Wildman–Crippen MR) is 77.1 cm³/mol. The second kappa shape index (κ2) is 6.01. The molecule has 0 bridgehead atoms. The van der Waals surface area contributed by atoms with Gasteiger partial charge in [0.2, 0.25) is 0 Å². The molecule has 5 atom stereocenters. The van der Waals surface area contributed by atoms with Crippen LogP contribution in [-0.2, 0) is 13.8 Å². The first-order valence-electron chi connectivity index (χ1n) is 6.18. The molecule has 1 saturated heterocycles. The Balaban J connectivity index is 1.87. The number of rotatable bonds is 4. The topological polar surface area (TPSA) is 125 Å². The van der Waals surface area contributed by atoms with E-state index in [0.29, 0.717) is 5.52 Å². The first-order valence-corrected chi connectivity index (χ1v) is 8.51. The molecular weight excluding hydrogens is 336 g/mol. The molecule has 2 aromatic rings. The molecule has 1 aliphatic rings. The van der Waals surface area contributed by atoms with Gasteiger partial charge in [-0.2, -0.15) is 0 Å². The summed E-state index contributed by atoms with van der Waals surface area (Å²) in [5.41, 5.74) is 6.26. The molecule has 1 aliphatic heterocycles. The fraction of sp³-hybridized carbons (Fsp3) is 0.500. The lowest BCUT2D eigenvalue weighted by molar-refractivity contribution is -0.0397. The van der Waals surface area contributed by atoms with Crippen molar-refractivity contribution in [2.45, 2.75) is 24.6 Å². The van der Waals surface area contributed by atoms with Crippen LogP contribution in [0, 0.1) is 0 Å². The van der Waals surface area contributed by atoms with Gasteiger partial charge in [-0.1, -0.05) is 0 Å². The van der Waals surface area contributed by atoms with E-state index in [9.17, 15) is 14.1 Å². The van der Waals surface area contributed by atoms with Crippen molar-refractivity contribution >= 4 is 36.5 Å². The number of nitrogens with zero attached hydrogens (tertiary/aromatic N) is 4. The number of aliphatic hydroxyl groups excluding tert-OH is 1. The number of halogens is 1. The van der Waals surface area contributed by atoms with Gasteiger partial charge in [0.25, 0.3) is 0 Å². The van der Waals surface area contributed by atoms with Crippen LogP contribution in [0.3, 0.4) is 0 Å². The van der Waals surface area contributed by atoms with Gasteiger partial charge in [0, 0.05) is 0 Å². The molecule has 0 amide bonds. The van der Waals surface area contributed by atoms with Crippen molar-refractivity contribution in [1.29, 1.82) is 0 Å². The van der Waals surface area contributed by atoms with E-state index in [2.05, 4.69) is 27.2 Å². The van der Waals surface area contributed by atoms with Crippen LogP contribution in [0.5, 0.6) is 0 Å². The van der Waals surface area contributed by atoms with Crippen molar-refractivity contribution in [3.05, 3.63) is 12.7 Å². The average molecular weight is 348 g/mol. The molecule has 118 valence electrons. The van der Waals surface area contributed by atoms with Crippen LogP contribution in [0.2, 0.25) is 0 Å². The van der Waals surface area contributed by atoms with Gasteiger partial charge in [-0.25, -0.2) is 19.3 Å². The molecule has 0 aromatic carbocycles. The lowest BCUT2D eigenvalue weighted by atomic mass is 10.1. The highest BCUT2D eigenvalue weighted by Crippen LogP contribution is 2.36. The van der Waals surface area contributed by atoms with Crippen LogP contribution in [0.25, 0.3) is 11.2 Å². The summed E-state index contributed by atoms with van der Waals surface area (Å²) in [5.74, 6) is 0.157. The van der Waals surface area contributed by atoms with Crippen LogP contribution in [0.1, 0.15) is 6.23 Å². The minimum absolute atomic E-state index is 0.157. The lowest BCUT2D eigenvalue weighted by Crippen LogP contribution is -2.30. The Bertz CT molecular complexity index is 718. The molecule has 22 heavy (non-hydrogen) atoms. The van der Waals surface area contributed by atoms with Gasteiger partial charge in [-0.15, -0.1) is 4.52 Å². The molecule has 3 heterocycles. The summed E-state index contributed by atoms with van der Waals surface area (Å²) < 4.78 is 36.7. The summed E-state index contributed by atoms with van der Waals surface area (Å²) in [4.78, 5) is 11.8. The van der Waals surface area contributed by atoms with E-state index in [1.54, 1.807) is 0 Å². The number of nitrogen functional groups attached to an aromatic ring is 1. The first kappa shape index (κ1) is 15.5. The molecule has 0 spiro atoms. The number of fused-ring (bicyclic) bond motifs is 1. The maximum absolute atomic E-state index is 14.3. The van der Waals surface area contributed by atoms with E-state index < -0.39 is 31.8 Å². The zero-order valence-corrected chi connectivity index (χ0v) is 12.8. The van der Waals surface area contributed by atoms with Crippen molar-refractivity contribution in [1.82, 2.24) is 19.5 Å². The number of hydrogen-bond donors (Lipinski definition) is 3. The van der Waals surface area contributed by atoms with E-state index in [1.165, 1.54) is 17.2 Å². The third kappa shape index (κ3) is 2.66. The van der Waals surface area contributed by atoms with Crippen LogP contribution in [0.15, 0.2) is 12.7 Å². The highest BCUT2D eigenvalue weighted by Gasteiger charge is 2.46. The standard InChI is InChI=1S/C10H11FN5O4PS/c11-5-7(17)4(1-19-21(18)22)20-10(5)16-3-15-6-8(12)13-2-14-9(6)16/h2-5,7,10,17H,1H2,(H2-,12,13,14,18,22)/p+1/t4-,5+,7?,10-/m1/s1. The van der Waals surface area contributed by atoms with Gasteiger partial charge >= 0.3 is 7.23 Å². The van der Waals surface area contributed by atoms with Gasteiger partial charge < -0.3 is 15.6 Å². The Morgan fingerprint density at radius 2 is 2.32 bits per heavy atom. The Kier molecular flexibility index (Phi) is 4.24. The number of aliphatic hydroxyl groups is 1. The third-order valence-corrected chi connectivity index (χ3v) is 4.02. The van der Waals surface area contributed by atoms with Crippen molar-refractivity contribution in [3.8, 4) is 0 Å². The Morgan fingerprint density at radius 3 is 3.05 bits per heavy atom. The van der Waals surface area contributed by atoms with Crippen LogP contribution in [-0.4, -0.2) is 49.6 Å². The highest BCUT2D eigenvalue weighted by molar-refractivity contribution is 8.39. The van der Waals surface area contributed by atoms with Crippen LogP contribution >= 0.6 is 19.5 Å². The second-order valence-electron chi connectivity index (χ2n) is 4.62. The maximum atomic E-state index is 14.3. The average Bonchev–Trinajstić information content (AvgIpc) is 3.01. The quantitative estimate of drug-likeness (QED) is 0.542. The van der Waals surface area contributed by atoms with Gasteiger partial charge in [0.15, 0.2) is 23.9 Å². The Labute approximate surface area is 129 Å². The van der Waals surface area contributed by atoms with Crippen molar-refractivity contribution in [2.24, 2.45) is 0 Å². The Hall–Kier alpha value is -1.39. The smallest absolute Gasteiger partial charge is 0.387 e. The molecule has 12 heteroatoms. The molecule has 1 fully saturated rings. The molecule has 9 nitrogen and oxygen atoms in total. The van der Waals surface area contributed by atoms with E-state index in [1.807, 2.05) is 0 Å². The largest absolute Gasteiger partial charge is 0.582 e. The first-order chi connectivity index (χ1) is 10.5. The second-order valence-corrected chi connectivity index (χ2v) is 6.33. The highest BCUT2D eigenvalue weighted by atomic mass is 32.7. The van der Waals surface area contributed by atoms with Crippen molar-refractivity contribution < 1.29 is 23.3 Å². The van der Waals surface area contributed by atoms with Gasteiger partial charge in [-0.05, 0) is 4.57 Å². The number of imidazole rings is 1. The number of nitrogens with two attached hydrogens (primary N) is 1. The molecule has 3 N–H and O–H groups in total. The minimum atomic E-state index is -2.17. The van der Waals surface area contributed by atoms with Gasteiger partial charge in [-0.3, -0.25) is 4.57 Å². The Morgan fingerprint density at radius 1 is 1.55 bits per heavy atom. The molecule has 2 aromatic heterocycles. The van der Waals surface area contributed by atoms with Crippen LogP contribution in [0.4, 0.5) is 10.2 Å². The van der Waals surface area contributed by atoms with Crippen molar-refractivity contribution in [2.75, 3.05) is 12.3 Å². The van der Waals surface area contributed by atoms with Gasteiger partial charge in [0.05, 0.1) is 6.33 Å². The zero-order chi connectivity index (χ0) is 15.9. The van der Waals surface area contributed by atoms with Gasteiger partial charge in [0.1, 0.15) is 42.9 Å². The monoisotopic (exact) mass is 348 g/mol. The van der Waals surface area contributed by atoms with Crippen molar-refractivity contribution in [3.63, 3.8) is 0 Å². The number of aromatic nitrogens is 4. The van der Waals surface area contributed by atoms with E-state index >= 15 is 0 Å². The molecule has 0 saturated carbocycles. The van der Waals surface area contributed by atoms with Crippen LogP contribution < -0.4 is 5.73 Å². The fourth-order valence-electron chi connectivity index (χ4n) is 2.26. The predicted octanol–water partition coefficient (Wildman–Crippen LogP) is 0.609. The van der Waals surface area contributed by atoms with E-state index in [0.717, 1.165) is 0 Å². The molecule has 0 aliphatic carbocycles. The molecular formula is C10H12FN5O4PS+. The third-order valence-electron chi connectivity index (χ3n) is 3.30. The fourth-order valence-corrected chi connectivity index (χ4v) is 2.73. The zero-order valence-electron chi connectivity index (χ0n) is 11.0. The number of hydrogen-bond acceptors (Lipinski definition) is 8. The molecule has 3 rings (SSSR count). The SMILES string of the molecule is Nc1ncnc2c1ncn2[C@@H]1O[C@H](CO[P+](=O)S)C(O)[C@@H]1F. The lowest BCUT2D eigenvalue weighted by Gasteiger charge is -2.14. The summed E-state index contributed by atoms with van der Waals surface area (Å²) >= 11 is 3.57. The summed E-state index contributed by atoms with van der Waals surface area (Å²) in [6, 6.07) is 0. The van der Waals surface area contributed by atoms with E-state index in [4.69, 9.17) is 15.0 Å². The summed E-state index contributed by atoms with van der Waals surface area (Å²) in [5, 5.41) is 9.88. The normalized spacial score (nSPS) is 29.1. The number of ether oxygens (including phenoxy) is 1. The molecule has 0 radical (unpaired) electrons. The maximum Gasteiger partial charge on any atom is 0.582 e. The van der Waals surface area contributed by atoms with E-state index in [-0.39, 0.29) is 18.1 Å². The minimum Gasteiger partial charge on any atom is -0.387 e. The summed E-state index contributed by atoms with van der Waals surface area (Å²) in [6.45, 7) is -0.249. The number of alkyl halides is 1. The number of anilines is 1. The molecule has 2 unspecified atom stereocenters.